The highest BCUT2D eigenvalue weighted by atomic mass is 16.7. The highest BCUT2D eigenvalue weighted by Gasteiger charge is 2.71. The molecule has 0 amide bonds. The van der Waals surface area contributed by atoms with Crippen LogP contribution in [0.15, 0.2) is 29.8 Å². The summed E-state index contributed by atoms with van der Waals surface area (Å²) in [6, 6.07) is 6.51. The van der Waals surface area contributed by atoms with Crippen molar-refractivity contribution in [2.75, 3.05) is 20.3 Å². The first kappa shape index (κ1) is 23.4. The number of hydrogen-bond acceptors (Lipinski definition) is 5. The number of carbonyl (C=O) groups is 1. The first-order valence-electron chi connectivity index (χ1n) is 13.9. The van der Waals surface area contributed by atoms with E-state index < -0.39 is 11.4 Å². The van der Waals surface area contributed by atoms with Crippen LogP contribution in [0, 0.1) is 28.1 Å². The molecule has 1 aromatic carbocycles. The highest BCUT2D eigenvalue weighted by Crippen LogP contribution is 2.73. The van der Waals surface area contributed by atoms with Gasteiger partial charge in [-0.2, -0.15) is 0 Å². The minimum atomic E-state index is -0.857. The van der Waals surface area contributed by atoms with Gasteiger partial charge in [-0.25, -0.2) is 0 Å². The van der Waals surface area contributed by atoms with E-state index in [9.17, 15) is 9.90 Å². The molecular formula is C31H40O5. The van der Waals surface area contributed by atoms with Gasteiger partial charge in [-0.15, -0.1) is 0 Å². The second-order valence-corrected chi connectivity index (χ2v) is 13.9. The topological polar surface area (TPSA) is 65.0 Å². The number of aliphatic hydroxyl groups is 1. The number of rotatable bonds is 1. The lowest BCUT2D eigenvalue weighted by Crippen LogP contribution is -2.69. The van der Waals surface area contributed by atoms with Crippen LogP contribution in [0.2, 0.25) is 0 Å². The lowest BCUT2D eigenvalue weighted by molar-refractivity contribution is -0.355. The summed E-state index contributed by atoms with van der Waals surface area (Å²) >= 11 is 0. The van der Waals surface area contributed by atoms with Crippen LogP contribution in [0.3, 0.4) is 0 Å². The Labute approximate surface area is 214 Å². The van der Waals surface area contributed by atoms with Crippen LogP contribution in [0.25, 0.3) is 0 Å². The minimum Gasteiger partial charge on any atom is -0.497 e. The van der Waals surface area contributed by atoms with E-state index in [4.69, 9.17) is 14.2 Å². The van der Waals surface area contributed by atoms with E-state index in [1.807, 2.05) is 0 Å². The first-order valence-corrected chi connectivity index (χ1v) is 13.9. The molecule has 5 aliphatic carbocycles. The van der Waals surface area contributed by atoms with Crippen LogP contribution < -0.4 is 4.74 Å². The summed E-state index contributed by atoms with van der Waals surface area (Å²) in [5.41, 5.74) is 2.56. The zero-order chi connectivity index (χ0) is 25.1. The van der Waals surface area contributed by atoms with Gasteiger partial charge in [0.1, 0.15) is 11.5 Å². The second kappa shape index (κ2) is 7.24. The molecule has 4 fully saturated rings. The van der Waals surface area contributed by atoms with Gasteiger partial charge in [-0.3, -0.25) is 4.79 Å². The van der Waals surface area contributed by atoms with Crippen molar-refractivity contribution in [1.29, 1.82) is 0 Å². The number of benzene rings is 1. The normalized spacial score (nSPS) is 43.6. The average molecular weight is 493 g/mol. The fraction of sp³-hybridized carbons (Fsp3) is 0.710. The van der Waals surface area contributed by atoms with Crippen LogP contribution >= 0.6 is 0 Å². The summed E-state index contributed by atoms with van der Waals surface area (Å²) in [7, 11) is 1.72. The summed E-state index contributed by atoms with van der Waals surface area (Å²) in [6.45, 7) is 7.87. The monoisotopic (exact) mass is 492 g/mol. The predicted octanol–water partition coefficient (Wildman–Crippen LogP) is 5.34. The molecule has 194 valence electrons. The van der Waals surface area contributed by atoms with Gasteiger partial charge in [-0.05, 0) is 80.0 Å². The van der Waals surface area contributed by atoms with Crippen LogP contribution in [-0.4, -0.2) is 42.6 Å². The van der Waals surface area contributed by atoms with Crippen LogP contribution in [-0.2, 0) is 20.7 Å². The third kappa shape index (κ3) is 2.91. The maximum Gasteiger partial charge on any atom is 0.171 e. The minimum absolute atomic E-state index is 0.00139. The van der Waals surface area contributed by atoms with E-state index in [-0.39, 0.29) is 22.2 Å². The zero-order valence-electron chi connectivity index (χ0n) is 22.2. The van der Waals surface area contributed by atoms with Crippen molar-refractivity contribution in [2.24, 2.45) is 28.1 Å². The van der Waals surface area contributed by atoms with Crippen molar-refractivity contribution in [2.45, 2.75) is 89.4 Å². The summed E-state index contributed by atoms with van der Waals surface area (Å²) in [5, 5.41) is 12.7. The Bertz CT molecular complexity index is 1160. The molecule has 1 aliphatic heterocycles. The fourth-order valence-corrected chi connectivity index (χ4v) is 9.54. The van der Waals surface area contributed by atoms with Gasteiger partial charge in [0.2, 0.25) is 0 Å². The van der Waals surface area contributed by atoms with Crippen LogP contribution in [0.4, 0.5) is 0 Å². The molecule has 0 unspecified atom stereocenters. The third-order valence-corrected chi connectivity index (χ3v) is 11.3. The number of Topliss-reactive ketones (excluding diaryl/α,β-unsaturated/α-hetero) is 1. The Balaban J connectivity index is 1.35. The number of hydrogen-bond donors (Lipinski definition) is 1. The molecule has 6 aliphatic rings. The van der Waals surface area contributed by atoms with Crippen molar-refractivity contribution >= 4 is 5.78 Å². The second-order valence-electron chi connectivity index (χ2n) is 13.9. The van der Waals surface area contributed by atoms with Crippen molar-refractivity contribution in [3.8, 4) is 5.75 Å². The van der Waals surface area contributed by atoms with E-state index in [1.165, 1.54) is 16.7 Å². The Hall–Kier alpha value is -1.69. The molecule has 0 aromatic heterocycles. The molecule has 1 saturated heterocycles. The number of allylic oxidation sites excluding steroid dienone is 2. The summed E-state index contributed by atoms with van der Waals surface area (Å²) < 4.78 is 18.5. The Morgan fingerprint density at radius 3 is 2.58 bits per heavy atom. The molecule has 2 spiro atoms. The Morgan fingerprint density at radius 1 is 1.06 bits per heavy atom. The molecule has 36 heavy (non-hydrogen) atoms. The Morgan fingerprint density at radius 2 is 1.83 bits per heavy atom. The number of ketones is 1. The Kier molecular flexibility index (Phi) is 4.71. The van der Waals surface area contributed by atoms with Gasteiger partial charge in [0.05, 0.1) is 25.9 Å². The van der Waals surface area contributed by atoms with Gasteiger partial charge in [0.25, 0.3) is 0 Å². The smallest absolute Gasteiger partial charge is 0.171 e. The number of fused-ring (bicyclic) bond motifs is 4. The molecule has 1 heterocycles. The summed E-state index contributed by atoms with van der Waals surface area (Å²) in [6.07, 6.45) is 8.43. The van der Waals surface area contributed by atoms with Gasteiger partial charge in [0, 0.05) is 35.5 Å². The number of methoxy groups -OCH3 is 1. The SMILES string of the molecule is COc1ccc2c(c1)C[C@]13CCC4(C[C@]1(O)CC[C@H]1C5=CCC(=O)[C@@]5(C)C[C@H]2[C@@H]13)OCC(C)(C)CO4. The van der Waals surface area contributed by atoms with E-state index >= 15 is 0 Å². The standard InChI is InChI=1S/C31H40O5/c1-27(2)17-35-31(36-18-27)12-11-29-14-19-13-20(34-4)5-6-21(19)23-15-28(3)24(7-8-25(28)32)22(26(23)29)9-10-30(29,33)16-31/h5-7,13,22-23,26,33H,8-12,14-18H2,1-4H3/t22-,23+,26+,28-,29-,30+/m0/s1. The molecule has 5 nitrogen and oxygen atoms in total. The first-order chi connectivity index (χ1) is 17.0. The van der Waals surface area contributed by atoms with Gasteiger partial charge in [-0.1, -0.05) is 31.6 Å². The quantitative estimate of drug-likeness (QED) is 0.536. The molecule has 1 N–H and O–H groups in total. The molecule has 1 aromatic rings. The van der Waals surface area contributed by atoms with Crippen molar-refractivity contribution in [3.63, 3.8) is 0 Å². The lowest BCUT2D eigenvalue weighted by Gasteiger charge is -2.69. The van der Waals surface area contributed by atoms with E-state index in [0.29, 0.717) is 43.7 Å². The molecule has 7 rings (SSSR count). The fourth-order valence-electron chi connectivity index (χ4n) is 9.54. The number of ether oxygens (including phenoxy) is 3. The summed E-state index contributed by atoms with van der Waals surface area (Å²) in [4.78, 5) is 13.2. The van der Waals surface area contributed by atoms with Gasteiger partial charge in [0.15, 0.2) is 5.79 Å². The van der Waals surface area contributed by atoms with Crippen molar-refractivity contribution in [1.82, 2.24) is 0 Å². The number of carbonyl (C=O) groups excluding carboxylic acids is 1. The van der Waals surface area contributed by atoms with E-state index in [0.717, 1.165) is 44.3 Å². The van der Waals surface area contributed by atoms with Gasteiger partial charge >= 0.3 is 0 Å². The maximum absolute atomic E-state index is 13.2. The summed E-state index contributed by atoms with van der Waals surface area (Å²) in [5.74, 6) is 1.52. The average Bonchev–Trinajstić information content (AvgIpc) is 3.15. The lowest BCUT2D eigenvalue weighted by atomic mass is 9.38. The van der Waals surface area contributed by atoms with E-state index in [1.54, 1.807) is 7.11 Å². The zero-order valence-corrected chi connectivity index (χ0v) is 22.2. The van der Waals surface area contributed by atoms with Crippen LogP contribution in [0.1, 0.15) is 82.8 Å². The largest absolute Gasteiger partial charge is 0.497 e. The molecule has 5 heteroatoms. The molecular weight excluding hydrogens is 452 g/mol. The molecule has 6 atom stereocenters. The van der Waals surface area contributed by atoms with Crippen molar-refractivity contribution < 1.29 is 24.1 Å². The van der Waals surface area contributed by atoms with Crippen LogP contribution in [0.5, 0.6) is 5.75 Å². The van der Waals surface area contributed by atoms with Crippen molar-refractivity contribution in [3.05, 3.63) is 41.0 Å². The molecule has 0 bridgehead atoms. The molecule has 0 radical (unpaired) electrons. The predicted molar refractivity (Wildman–Crippen MR) is 136 cm³/mol. The van der Waals surface area contributed by atoms with Gasteiger partial charge < -0.3 is 19.3 Å². The molecule has 3 saturated carbocycles. The van der Waals surface area contributed by atoms with E-state index in [2.05, 4.69) is 45.0 Å². The maximum atomic E-state index is 13.2. The highest BCUT2D eigenvalue weighted by molar-refractivity contribution is 5.92. The third-order valence-electron chi connectivity index (χ3n) is 11.3.